The van der Waals surface area contributed by atoms with Crippen molar-refractivity contribution in [3.8, 4) is 0 Å². The molecule has 0 aliphatic carbocycles. The van der Waals surface area contributed by atoms with Crippen molar-refractivity contribution in [3.05, 3.63) is 28.7 Å². The summed E-state index contributed by atoms with van der Waals surface area (Å²) >= 11 is 3.33. The number of hydrogen-bond acceptors (Lipinski definition) is 6. The average Bonchev–Trinajstić information content (AvgIpc) is 2.48. The zero-order valence-electron chi connectivity index (χ0n) is 11.9. The first-order valence-corrected chi connectivity index (χ1v) is 7.63. The lowest BCUT2D eigenvalue weighted by atomic mass is 9.96. The maximum Gasteiger partial charge on any atom is 0.217 e. The number of aliphatic hydroxyl groups excluding tert-OH is 3. The molecule has 8 heteroatoms. The van der Waals surface area contributed by atoms with Crippen LogP contribution in [0.5, 0.6) is 0 Å². The summed E-state index contributed by atoms with van der Waals surface area (Å²) in [5.74, 6) is -0.357. The Kier molecular flexibility index (Phi) is 5.76. The van der Waals surface area contributed by atoms with E-state index in [1.54, 1.807) is 12.1 Å². The van der Waals surface area contributed by atoms with Crippen LogP contribution < -0.4 is 10.6 Å². The van der Waals surface area contributed by atoms with Crippen LogP contribution in [-0.2, 0) is 9.53 Å². The SMILES string of the molecule is CC(=O)N[C@@H]1[C@@H](O)[C@H](O)[C@@H](CO)O[C@H]1Nc1ccc(Br)cc1. The van der Waals surface area contributed by atoms with Crippen LogP contribution in [0.1, 0.15) is 6.92 Å². The zero-order chi connectivity index (χ0) is 16.3. The number of rotatable bonds is 4. The summed E-state index contributed by atoms with van der Waals surface area (Å²) in [4.78, 5) is 11.3. The van der Waals surface area contributed by atoms with Gasteiger partial charge in [-0.3, -0.25) is 4.79 Å². The largest absolute Gasteiger partial charge is 0.394 e. The molecule has 0 spiro atoms. The molecular weight excluding hydrogens is 356 g/mol. The Morgan fingerprint density at radius 1 is 1.27 bits per heavy atom. The van der Waals surface area contributed by atoms with Gasteiger partial charge in [-0.25, -0.2) is 0 Å². The number of aliphatic hydroxyl groups is 3. The molecule has 2 rings (SSSR count). The van der Waals surface area contributed by atoms with E-state index in [9.17, 15) is 20.1 Å². The second-order valence-electron chi connectivity index (χ2n) is 5.14. The van der Waals surface area contributed by atoms with Crippen molar-refractivity contribution < 1.29 is 24.9 Å². The van der Waals surface area contributed by atoms with Gasteiger partial charge in [-0.1, -0.05) is 15.9 Å². The number of carbonyl (C=O) groups excluding carboxylic acids is 1. The van der Waals surface area contributed by atoms with E-state index >= 15 is 0 Å². The lowest BCUT2D eigenvalue weighted by Crippen LogP contribution is -2.65. The minimum Gasteiger partial charge on any atom is -0.394 e. The number of nitrogens with one attached hydrogen (secondary N) is 2. The van der Waals surface area contributed by atoms with Crippen LogP contribution in [0.3, 0.4) is 0 Å². The molecule has 1 aromatic carbocycles. The Hall–Kier alpha value is -1.19. The molecule has 1 amide bonds. The van der Waals surface area contributed by atoms with Crippen molar-refractivity contribution in [2.75, 3.05) is 11.9 Å². The van der Waals surface area contributed by atoms with Crippen LogP contribution in [0.25, 0.3) is 0 Å². The minimum atomic E-state index is -1.29. The number of ether oxygens (including phenoxy) is 1. The quantitative estimate of drug-likeness (QED) is 0.499. The number of halogens is 1. The summed E-state index contributed by atoms with van der Waals surface area (Å²) in [5.41, 5.74) is 0.712. The van der Waals surface area contributed by atoms with E-state index in [1.807, 2.05) is 12.1 Å². The maximum absolute atomic E-state index is 11.3. The molecule has 0 unspecified atom stereocenters. The Morgan fingerprint density at radius 2 is 1.91 bits per heavy atom. The molecular formula is C14H19BrN2O5. The lowest BCUT2D eigenvalue weighted by molar-refractivity contribution is -0.188. The lowest BCUT2D eigenvalue weighted by Gasteiger charge is -2.43. The molecule has 1 saturated heterocycles. The summed E-state index contributed by atoms with van der Waals surface area (Å²) in [7, 11) is 0. The maximum atomic E-state index is 11.3. The highest BCUT2D eigenvalue weighted by molar-refractivity contribution is 9.10. The molecule has 0 radical (unpaired) electrons. The molecule has 1 aliphatic rings. The van der Waals surface area contributed by atoms with Crippen molar-refractivity contribution in [1.82, 2.24) is 5.32 Å². The van der Waals surface area contributed by atoms with Gasteiger partial charge in [0.1, 0.15) is 24.4 Å². The van der Waals surface area contributed by atoms with Crippen molar-refractivity contribution in [3.63, 3.8) is 0 Å². The van der Waals surface area contributed by atoms with Gasteiger partial charge < -0.3 is 30.7 Å². The van der Waals surface area contributed by atoms with Crippen molar-refractivity contribution in [2.45, 2.75) is 37.5 Å². The Labute approximate surface area is 136 Å². The molecule has 1 aliphatic heterocycles. The van der Waals surface area contributed by atoms with E-state index in [-0.39, 0.29) is 5.91 Å². The summed E-state index contributed by atoms with van der Waals surface area (Å²) in [6.07, 6.45) is -4.28. The van der Waals surface area contributed by atoms with Crippen LogP contribution in [0.15, 0.2) is 28.7 Å². The van der Waals surface area contributed by atoms with Crippen LogP contribution >= 0.6 is 15.9 Å². The van der Waals surface area contributed by atoms with E-state index < -0.39 is 37.2 Å². The number of anilines is 1. The summed E-state index contributed by atoms with van der Waals surface area (Å²) in [6.45, 7) is 0.872. The molecule has 1 aromatic rings. The highest BCUT2D eigenvalue weighted by atomic mass is 79.9. The molecule has 22 heavy (non-hydrogen) atoms. The molecule has 122 valence electrons. The molecule has 1 fully saturated rings. The van der Waals surface area contributed by atoms with E-state index in [0.717, 1.165) is 4.47 Å². The fourth-order valence-electron chi connectivity index (χ4n) is 2.35. The third kappa shape index (κ3) is 3.96. The van der Waals surface area contributed by atoms with Gasteiger partial charge >= 0.3 is 0 Å². The first-order valence-electron chi connectivity index (χ1n) is 6.84. The number of carbonyl (C=O) groups is 1. The Morgan fingerprint density at radius 3 is 2.45 bits per heavy atom. The van der Waals surface area contributed by atoms with E-state index in [1.165, 1.54) is 6.92 Å². The minimum absolute atomic E-state index is 0.357. The fourth-order valence-corrected chi connectivity index (χ4v) is 2.61. The van der Waals surface area contributed by atoms with Gasteiger partial charge in [0.05, 0.1) is 6.61 Å². The van der Waals surface area contributed by atoms with E-state index in [4.69, 9.17) is 4.74 Å². The van der Waals surface area contributed by atoms with E-state index in [2.05, 4.69) is 26.6 Å². The van der Waals surface area contributed by atoms with E-state index in [0.29, 0.717) is 5.69 Å². The van der Waals surface area contributed by atoms with Crippen LogP contribution in [0, 0.1) is 0 Å². The van der Waals surface area contributed by atoms with Crippen LogP contribution in [0.2, 0.25) is 0 Å². The van der Waals surface area contributed by atoms with Gasteiger partial charge in [0.15, 0.2) is 6.23 Å². The second-order valence-corrected chi connectivity index (χ2v) is 6.05. The number of benzene rings is 1. The predicted octanol–water partition coefficient (Wildman–Crippen LogP) is -0.195. The molecule has 0 bridgehead atoms. The molecule has 7 nitrogen and oxygen atoms in total. The first kappa shape index (κ1) is 17.2. The van der Waals surface area contributed by atoms with Gasteiger partial charge in [0.25, 0.3) is 0 Å². The molecule has 0 saturated carbocycles. The Balaban J connectivity index is 2.18. The van der Waals surface area contributed by atoms with Crippen LogP contribution in [0.4, 0.5) is 5.69 Å². The second kappa shape index (κ2) is 7.38. The normalized spacial score (nSPS) is 31.6. The van der Waals surface area contributed by atoms with Gasteiger partial charge in [-0.2, -0.15) is 0 Å². The van der Waals surface area contributed by atoms with Gasteiger partial charge in [0, 0.05) is 17.1 Å². The van der Waals surface area contributed by atoms with Crippen LogP contribution in [-0.4, -0.2) is 58.4 Å². The van der Waals surface area contributed by atoms with Crippen molar-refractivity contribution in [2.24, 2.45) is 0 Å². The summed E-state index contributed by atoms with van der Waals surface area (Å²) in [6, 6.07) is 6.40. The monoisotopic (exact) mass is 374 g/mol. The molecule has 1 heterocycles. The van der Waals surface area contributed by atoms with Gasteiger partial charge in [0.2, 0.25) is 5.91 Å². The number of hydrogen-bond donors (Lipinski definition) is 5. The summed E-state index contributed by atoms with van der Waals surface area (Å²) in [5, 5.41) is 34.9. The van der Waals surface area contributed by atoms with Crippen molar-refractivity contribution in [1.29, 1.82) is 0 Å². The summed E-state index contributed by atoms with van der Waals surface area (Å²) < 4.78 is 6.48. The first-order chi connectivity index (χ1) is 10.4. The van der Waals surface area contributed by atoms with Crippen molar-refractivity contribution >= 4 is 27.5 Å². The zero-order valence-corrected chi connectivity index (χ0v) is 13.5. The van der Waals surface area contributed by atoms with Gasteiger partial charge in [-0.05, 0) is 24.3 Å². The van der Waals surface area contributed by atoms with Gasteiger partial charge in [-0.15, -0.1) is 0 Å². The highest BCUT2D eigenvalue weighted by Crippen LogP contribution is 2.23. The Bertz CT molecular complexity index is 512. The smallest absolute Gasteiger partial charge is 0.217 e. The fraction of sp³-hybridized carbons (Fsp3) is 0.500. The molecule has 0 aromatic heterocycles. The predicted molar refractivity (Wildman–Crippen MR) is 83.1 cm³/mol. The standard InChI is InChI=1S/C14H19BrN2O5/c1-7(19)16-11-13(21)12(20)10(6-18)22-14(11)17-9-4-2-8(15)3-5-9/h2-5,10-14,17-18,20-21H,6H2,1H3,(H,16,19)/t10-,11-,12-,13-,14-/m1/s1. The molecule has 5 atom stereocenters. The average molecular weight is 375 g/mol. The number of amides is 1. The third-order valence-corrected chi connectivity index (χ3v) is 3.98. The highest BCUT2D eigenvalue weighted by Gasteiger charge is 2.44. The topological polar surface area (TPSA) is 111 Å². The molecule has 5 N–H and O–H groups in total. The third-order valence-electron chi connectivity index (χ3n) is 3.45.